The summed E-state index contributed by atoms with van der Waals surface area (Å²) in [5, 5.41) is -0.405. The van der Waals surface area contributed by atoms with Gasteiger partial charge in [-0.15, -0.1) is 11.8 Å². The zero-order valence-corrected chi connectivity index (χ0v) is 11.7. The summed E-state index contributed by atoms with van der Waals surface area (Å²) < 4.78 is 27.4. The first-order valence-corrected chi connectivity index (χ1v) is 7.35. The lowest BCUT2D eigenvalue weighted by atomic mass is 10.1. The molecule has 2 aromatic rings. The van der Waals surface area contributed by atoms with Crippen molar-refractivity contribution in [3.63, 3.8) is 0 Å². The number of rotatable bonds is 2. The molecule has 2 N–H and O–H groups in total. The summed E-state index contributed by atoms with van der Waals surface area (Å²) in [4.78, 5) is 13.4. The van der Waals surface area contributed by atoms with Crippen LogP contribution in [0.1, 0.15) is 10.9 Å². The molecule has 21 heavy (non-hydrogen) atoms. The van der Waals surface area contributed by atoms with Gasteiger partial charge in [0, 0.05) is 11.8 Å². The summed E-state index contributed by atoms with van der Waals surface area (Å²) in [6.07, 6.45) is 0. The second-order valence-corrected chi connectivity index (χ2v) is 5.76. The van der Waals surface area contributed by atoms with E-state index in [4.69, 9.17) is 5.73 Å². The maximum atomic E-state index is 14.0. The lowest BCUT2D eigenvalue weighted by molar-refractivity contribution is -0.115. The van der Waals surface area contributed by atoms with Gasteiger partial charge in [-0.3, -0.25) is 9.69 Å². The van der Waals surface area contributed by atoms with E-state index in [1.165, 1.54) is 16.7 Å². The number of nitrogens with two attached hydrogens (primary N) is 1. The van der Waals surface area contributed by atoms with Gasteiger partial charge in [0.2, 0.25) is 5.91 Å². The fourth-order valence-corrected chi connectivity index (χ4v) is 3.47. The fraction of sp³-hybridized carbons (Fsp3) is 0.133. The van der Waals surface area contributed by atoms with Crippen molar-refractivity contribution in [2.45, 2.75) is 5.37 Å². The van der Waals surface area contributed by atoms with Gasteiger partial charge in [-0.1, -0.05) is 12.1 Å². The summed E-state index contributed by atoms with van der Waals surface area (Å²) >= 11 is 1.36. The quantitative estimate of drug-likeness (QED) is 0.866. The number of nitrogens with zero attached hydrogens (tertiary/aromatic N) is 1. The van der Waals surface area contributed by atoms with Crippen molar-refractivity contribution in [3.8, 4) is 0 Å². The lowest BCUT2D eigenvalue weighted by Crippen LogP contribution is -2.28. The Kier molecular flexibility index (Phi) is 3.55. The summed E-state index contributed by atoms with van der Waals surface area (Å²) in [7, 11) is 0. The van der Waals surface area contributed by atoms with Crippen molar-refractivity contribution in [2.75, 3.05) is 16.4 Å². The monoisotopic (exact) mass is 306 g/mol. The Morgan fingerprint density at radius 1 is 1.19 bits per heavy atom. The summed E-state index contributed by atoms with van der Waals surface area (Å²) in [6.45, 7) is 0. The molecular weight excluding hydrogens is 294 g/mol. The second-order valence-electron chi connectivity index (χ2n) is 4.69. The highest BCUT2D eigenvalue weighted by molar-refractivity contribution is 8.00. The van der Waals surface area contributed by atoms with Gasteiger partial charge in [0.25, 0.3) is 0 Å². The van der Waals surface area contributed by atoms with Crippen LogP contribution in [0.3, 0.4) is 0 Å². The van der Waals surface area contributed by atoms with Crippen molar-refractivity contribution in [1.29, 1.82) is 0 Å². The number of nitrogen functional groups attached to an aromatic ring is 1. The summed E-state index contributed by atoms with van der Waals surface area (Å²) in [5.41, 5.74) is 7.06. The molecule has 1 fully saturated rings. The van der Waals surface area contributed by atoms with Crippen LogP contribution < -0.4 is 10.6 Å². The first-order chi connectivity index (χ1) is 10.1. The number of hydrogen-bond donors (Lipinski definition) is 1. The average molecular weight is 306 g/mol. The van der Waals surface area contributed by atoms with E-state index in [0.29, 0.717) is 5.69 Å². The number of anilines is 2. The van der Waals surface area contributed by atoms with Crippen molar-refractivity contribution in [1.82, 2.24) is 0 Å². The van der Waals surface area contributed by atoms with E-state index < -0.39 is 17.0 Å². The maximum absolute atomic E-state index is 14.0. The predicted molar refractivity (Wildman–Crippen MR) is 79.9 cm³/mol. The standard InChI is InChI=1S/C15H12F2N2OS/c16-10-4-5-12(17)13(7-10)19-14(20)8-21-15(19)9-2-1-3-11(18)6-9/h1-7,15H,8,18H2/t15-/m1/s1. The third kappa shape index (κ3) is 2.58. The van der Waals surface area contributed by atoms with Crippen LogP contribution in [0.2, 0.25) is 0 Å². The largest absolute Gasteiger partial charge is 0.399 e. The molecule has 1 aliphatic rings. The highest BCUT2D eigenvalue weighted by Gasteiger charge is 2.35. The van der Waals surface area contributed by atoms with Crippen molar-refractivity contribution in [2.24, 2.45) is 0 Å². The molecule has 0 saturated carbocycles. The van der Waals surface area contributed by atoms with E-state index in [9.17, 15) is 13.6 Å². The molecule has 2 aromatic carbocycles. The van der Waals surface area contributed by atoms with Crippen LogP contribution >= 0.6 is 11.8 Å². The van der Waals surface area contributed by atoms with Crippen LogP contribution in [0.15, 0.2) is 42.5 Å². The molecule has 0 bridgehead atoms. The van der Waals surface area contributed by atoms with E-state index in [1.807, 2.05) is 6.07 Å². The molecule has 1 amide bonds. The highest BCUT2D eigenvalue weighted by Crippen LogP contribution is 2.42. The summed E-state index contributed by atoms with van der Waals surface area (Å²) in [5.74, 6) is -1.24. The van der Waals surface area contributed by atoms with E-state index in [0.717, 1.165) is 23.8 Å². The van der Waals surface area contributed by atoms with E-state index in [2.05, 4.69) is 0 Å². The molecule has 0 spiro atoms. The molecule has 1 saturated heterocycles. The molecule has 1 heterocycles. The smallest absolute Gasteiger partial charge is 0.238 e. The highest BCUT2D eigenvalue weighted by atomic mass is 32.2. The minimum Gasteiger partial charge on any atom is -0.399 e. The molecule has 3 rings (SSSR count). The van der Waals surface area contributed by atoms with Crippen molar-refractivity contribution < 1.29 is 13.6 Å². The number of benzene rings is 2. The van der Waals surface area contributed by atoms with Gasteiger partial charge in [0.1, 0.15) is 17.0 Å². The predicted octanol–water partition coefficient (Wildman–Crippen LogP) is 3.33. The van der Waals surface area contributed by atoms with Crippen LogP contribution in [0.5, 0.6) is 0 Å². The number of halogens is 2. The molecule has 6 heteroatoms. The molecular formula is C15H12F2N2OS. The third-order valence-corrected chi connectivity index (χ3v) is 4.44. The summed E-state index contributed by atoms with van der Waals surface area (Å²) in [6, 6.07) is 10.2. The number of carbonyl (C=O) groups is 1. The number of amides is 1. The van der Waals surface area contributed by atoms with E-state index in [-0.39, 0.29) is 17.3 Å². The average Bonchev–Trinajstić information content (AvgIpc) is 2.83. The molecule has 1 aliphatic heterocycles. The zero-order chi connectivity index (χ0) is 15.0. The molecule has 0 aliphatic carbocycles. The number of thioether (sulfide) groups is 1. The minimum atomic E-state index is -0.624. The van der Waals surface area contributed by atoms with Gasteiger partial charge in [0.15, 0.2) is 0 Å². The Balaban J connectivity index is 2.06. The van der Waals surface area contributed by atoms with Gasteiger partial charge in [-0.25, -0.2) is 8.78 Å². The van der Waals surface area contributed by atoms with Gasteiger partial charge >= 0.3 is 0 Å². The third-order valence-electron chi connectivity index (χ3n) is 3.23. The van der Waals surface area contributed by atoms with Gasteiger partial charge in [-0.05, 0) is 29.8 Å². The Morgan fingerprint density at radius 2 is 2.00 bits per heavy atom. The molecule has 0 aromatic heterocycles. The van der Waals surface area contributed by atoms with Crippen molar-refractivity contribution in [3.05, 3.63) is 59.7 Å². The fourth-order valence-electron chi connectivity index (χ4n) is 2.31. The molecule has 0 unspecified atom stereocenters. The lowest BCUT2D eigenvalue weighted by Gasteiger charge is -2.25. The van der Waals surface area contributed by atoms with Crippen LogP contribution in [0.25, 0.3) is 0 Å². The minimum absolute atomic E-state index is 0.0441. The Morgan fingerprint density at radius 3 is 2.76 bits per heavy atom. The van der Waals surface area contributed by atoms with Gasteiger partial charge in [0.05, 0.1) is 11.4 Å². The van der Waals surface area contributed by atoms with Gasteiger partial charge in [-0.2, -0.15) is 0 Å². The normalized spacial score (nSPS) is 18.3. The van der Waals surface area contributed by atoms with E-state index in [1.54, 1.807) is 18.2 Å². The number of hydrogen-bond acceptors (Lipinski definition) is 3. The molecule has 108 valence electrons. The van der Waals surface area contributed by atoms with Crippen LogP contribution in [-0.4, -0.2) is 11.7 Å². The second kappa shape index (κ2) is 5.37. The Bertz CT molecular complexity index is 708. The molecule has 3 nitrogen and oxygen atoms in total. The first kappa shape index (κ1) is 13.9. The maximum Gasteiger partial charge on any atom is 0.238 e. The van der Waals surface area contributed by atoms with Crippen LogP contribution in [-0.2, 0) is 4.79 Å². The topological polar surface area (TPSA) is 46.3 Å². The van der Waals surface area contributed by atoms with Crippen molar-refractivity contribution >= 4 is 29.0 Å². The van der Waals surface area contributed by atoms with Crippen LogP contribution in [0, 0.1) is 11.6 Å². The molecule has 0 radical (unpaired) electrons. The Labute approximate surface area is 124 Å². The van der Waals surface area contributed by atoms with E-state index >= 15 is 0 Å². The van der Waals surface area contributed by atoms with Crippen LogP contribution in [0.4, 0.5) is 20.2 Å². The number of carbonyl (C=O) groups excluding carboxylic acids is 1. The zero-order valence-electron chi connectivity index (χ0n) is 10.9. The van der Waals surface area contributed by atoms with Gasteiger partial charge < -0.3 is 5.73 Å². The SMILES string of the molecule is Nc1cccc([C@H]2SCC(=O)N2c2cc(F)ccc2F)c1. The first-order valence-electron chi connectivity index (χ1n) is 6.30. The molecule has 1 atom stereocenters. The Hall–Kier alpha value is -2.08.